The minimum atomic E-state index is -1.12. The van der Waals surface area contributed by atoms with Crippen molar-refractivity contribution >= 4 is 17.8 Å². The van der Waals surface area contributed by atoms with Gasteiger partial charge < -0.3 is 14.3 Å². The summed E-state index contributed by atoms with van der Waals surface area (Å²) in [5.41, 5.74) is 3.43. The lowest BCUT2D eigenvalue weighted by molar-refractivity contribution is -0.147. The molecule has 0 radical (unpaired) electrons. The van der Waals surface area contributed by atoms with Crippen LogP contribution in [-0.4, -0.2) is 34.6 Å². The van der Waals surface area contributed by atoms with Crippen molar-refractivity contribution in [2.75, 3.05) is 0 Å². The van der Waals surface area contributed by atoms with Crippen LogP contribution in [0.5, 0.6) is 0 Å². The van der Waals surface area contributed by atoms with Gasteiger partial charge in [-0.2, -0.15) is 0 Å². The molecule has 116 valence electrons. The van der Waals surface area contributed by atoms with Gasteiger partial charge >= 0.3 is 11.9 Å². The van der Waals surface area contributed by atoms with Crippen LogP contribution in [0.4, 0.5) is 0 Å². The quantitative estimate of drug-likeness (QED) is 0.538. The first-order valence-corrected chi connectivity index (χ1v) is 6.66. The van der Waals surface area contributed by atoms with Crippen molar-refractivity contribution in [2.24, 2.45) is 11.8 Å². The van der Waals surface area contributed by atoms with E-state index in [0.29, 0.717) is 0 Å². The number of hydrogen-bond acceptors (Lipinski definition) is 5. The number of carbonyl (C=O) groups is 3. The van der Waals surface area contributed by atoms with Gasteiger partial charge in [-0.1, -0.05) is 12.2 Å². The zero-order valence-electron chi connectivity index (χ0n) is 11.6. The van der Waals surface area contributed by atoms with Crippen molar-refractivity contribution in [3.63, 3.8) is 0 Å². The second-order valence-electron chi connectivity index (χ2n) is 5.39. The summed E-state index contributed by atoms with van der Waals surface area (Å²) >= 11 is 0. The molecule has 1 aromatic rings. The lowest BCUT2D eigenvalue weighted by Gasteiger charge is -2.27. The second kappa shape index (κ2) is 4.99. The third-order valence-electron chi connectivity index (χ3n) is 3.95. The highest BCUT2D eigenvalue weighted by Crippen LogP contribution is 2.46. The molecule has 2 aliphatic heterocycles. The number of carbonyl (C=O) groups excluding carboxylic acids is 2. The Kier molecular flexibility index (Phi) is 3.25. The Morgan fingerprint density at radius 3 is 2.73 bits per heavy atom. The van der Waals surface area contributed by atoms with Gasteiger partial charge in [0.25, 0.3) is 0 Å². The zero-order valence-corrected chi connectivity index (χ0v) is 11.6. The standard InChI is InChI=1S/C14H14N2O6/c1-14-5-4-7(22-14)9(13(19)20)10(14)12(18)16-15-11(17)8-3-2-6-21-8/h2-7,9-10H,1H3,(H,15,17)(H,16,18)(H,19,20)/t7-,9-,10+,14+/m1/s1. The van der Waals surface area contributed by atoms with E-state index in [2.05, 4.69) is 10.9 Å². The number of hydrazine groups is 1. The lowest BCUT2D eigenvalue weighted by Crippen LogP contribution is -2.52. The van der Waals surface area contributed by atoms with E-state index in [1.807, 2.05) is 0 Å². The van der Waals surface area contributed by atoms with E-state index in [1.165, 1.54) is 18.4 Å². The van der Waals surface area contributed by atoms with Crippen molar-refractivity contribution < 1.29 is 28.6 Å². The van der Waals surface area contributed by atoms with Crippen molar-refractivity contribution in [1.29, 1.82) is 0 Å². The molecule has 0 saturated carbocycles. The molecule has 0 unspecified atom stereocenters. The van der Waals surface area contributed by atoms with E-state index in [9.17, 15) is 19.5 Å². The van der Waals surface area contributed by atoms with Gasteiger partial charge in [-0.15, -0.1) is 0 Å². The van der Waals surface area contributed by atoms with Gasteiger partial charge in [-0.3, -0.25) is 25.2 Å². The molecule has 1 saturated heterocycles. The van der Waals surface area contributed by atoms with Crippen LogP contribution in [0.3, 0.4) is 0 Å². The number of ether oxygens (including phenoxy) is 1. The van der Waals surface area contributed by atoms with Crippen LogP contribution in [0.2, 0.25) is 0 Å². The molecule has 1 aromatic heterocycles. The van der Waals surface area contributed by atoms with E-state index < -0.39 is 41.3 Å². The molecule has 8 heteroatoms. The van der Waals surface area contributed by atoms with Crippen LogP contribution in [0.25, 0.3) is 0 Å². The van der Waals surface area contributed by atoms with Gasteiger partial charge in [0, 0.05) is 0 Å². The molecule has 1 fully saturated rings. The number of aliphatic carboxylic acids is 1. The second-order valence-corrected chi connectivity index (χ2v) is 5.39. The smallest absolute Gasteiger partial charge is 0.310 e. The van der Waals surface area contributed by atoms with Crippen LogP contribution in [0, 0.1) is 11.8 Å². The van der Waals surface area contributed by atoms with E-state index in [0.717, 1.165) is 0 Å². The Morgan fingerprint density at radius 2 is 2.09 bits per heavy atom. The summed E-state index contributed by atoms with van der Waals surface area (Å²) in [4.78, 5) is 35.4. The van der Waals surface area contributed by atoms with E-state index in [4.69, 9.17) is 9.15 Å². The van der Waals surface area contributed by atoms with Crippen LogP contribution < -0.4 is 10.9 Å². The molecular formula is C14H14N2O6. The number of carboxylic acids is 1. The molecule has 22 heavy (non-hydrogen) atoms. The highest BCUT2D eigenvalue weighted by atomic mass is 16.5. The summed E-state index contributed by atoms with van der Waals surface area (Å²) < 4.78 is 10.5. The summed E-state index contributed by atoms with van der Waals surface area (Å²) in [7, 11) is 0. The van der Waals surface area contributed by atoms with Gasteiger partial charge in [-0.05, 0) is 19.1 Å². The summed E-state index contributed by atoms with van der Waals surface area (Å²) in [6, 6.07) is 2.97. The molecule has 2 bridgehead atoms. The van der Waals surface area contributed by atoms with Crippen molar-refractivity contribution in [3.05, 3.63) is 36.3 Å². The molecule has 2 amide bonds. The molecule has 0 aliphatic carbocycles. The number of hydrogen-bond donors (Lipinski definition) is 3. The molecule has 4 atom stereocenters. The van der Waals surface area contributed by atoms with Gasteiger partial charge in [0.2, 0.25) is 5.91 Å². The van der Waals surface area contributed by atoms with E-state index in [1.54, 1.807) is 19.1 Å². The zero-order chi connectivity index (χ0) is 15.9. The topological polar surface area (TPSA) is 118 Å². The maximum atomic E-state index is 12.3. The van der Waals surface area contributed by atoms with Gasteiger partial charge in [0.05, 0.1) is 23.9 Å². The number of fused-ring (bicyclic) bond motifs is 2. The number of amides is 2. The highest BCUT2D eigenvalue weighted by molar-refractivity contribution is 5.94. The molecular weight excluding hydrogens is 292 g/mol. The van der Waals surface area contributed by atoms with Gasteiger partial charge in [0.15, 0.2) is 5.76 Å². The molecule has 3 rings (SSSR count). The maximum Gasteiger partial charge on any atom is 0.310 e. The molecule has 0 spiro atoms. The normalized spacial score (nSPS) is 32.0. The van der Waals surface area contributed by atoms with Crippen molar-refractivity contribution in [2.45, 2.75) is 18.6 Å². The van der Waals surface area contributed by atoms with Crippen LogP contribution >= 0.6 is 0 Å². The summed E-state index contributed by atoms with van der Waals surface area (Å²) in [5.74, 6) is -4.26. The third-order valence-corrected chi connectivity index (χ3v) is 3.95. The SMILES string of the molecule is C[C@@]12C=C[C@@H](O1)[C@@H](C(=O)O)[C@H]2C(=O)NNC(=O)c1ccco1. The van der Waals surface area contributed by atoms with Crippen molar-refractivity contribution in [1.82, 2.24) is 10.9 Å². The fourth-order valence-electron chi connectivity index (χ4n) is 2.95. The van der Waals surface area contributed by atoms with Crippen LogP contribution in [-0.2, 0) is 14.3 Å². The predicted octanol–water partition coefficient (Wildman–Crippen LogP) is 0.0849. The Bertz CT molecular complexity index is 652. The summed E-state index contributed by atoms with van der Waals surface area (Å²) in [5, 5.41) is 9.30. The van der Waals surface area contributed by atoms with Crippen LogP contribution in [0.1, 0.15) is 17.5 Å². The molecule has 3 N–H and O–H groups in total. The largest absolute Gasteiger partial charge is 0.481 e. The van der Waals surface area contributed by atoms with Crippen molar-refractivity contribution in [3.8, 4) is 0 Å². The monoisotopic (exact) mass is 306 g/mol. The first-order chi connectivity index (χ1) is 10.4. The predicted molar refractivity (Wildman–Crippen MR) is 71.4 cm³/mol. The number of nitrogens with one attached hydrogen (secondary N) is 2. The van der Waals surface area contributed by atoms with Gasteiger partial charge in [-0.25, -0.2) is 0 Å². The van der Waals surface area contributed by atoms with Crippen LogP contribution in [0.15, 0.2) is 35.0 Å². The molecule has 2 aliphatic rings. The Morgan fingerprint density at radius 1 is 1.32 bits per heavy atom. The minimum Gasteiger partial charge on any atom is -0.481 e. The summed E-state index contributed by atoms with van der Waals surface area (Å²) in [6.07, 6.45) is 4.01. The first-order valence-electron chi connectivity index (χ1n) is 6.66. The highest BCUT2D eigenvalue weighted by Gasteiger charge is 2.59. The fraction of sp³-hybridized carbons (Fsp3) is 0.357. The Labute approximate surface area is 125 Å². The third kappa shape index (κ3) is 2.17. The van der Waals surface area contributed by atoms with E-state index >= 15 is 0 Å². The Balaban J connectivity index is 1.70. The lowest BCUT2D eigenvalue weighted by atomic mass is 9.76. The minimum absolute atomic E-state index is 0.0328. The Hall–Kier alpha value is -2.61. The number of rotatable bonds is 3. The van der Waals surface area contributed by atoms with E-state index in [-0.39, 0.29) is 5.76 Å². The summed E-state index contributed by atoms with van der Waals surface area (Å²) in [6.45, 7) is 1.64. The molecule has 0 aromatic carbocycles. The number of carboxylic acid groups (broad SMARTS) is 1. The first kappa shape index (κ1) is 14.3. The average molecular weight is 306 g/mol. The molecule has 3 heterocycles. The van der Waals surface area contributed by atoms with Gasteiger partial charge in [0.1, 0.15) is 5.92 Å². The maximum absolute atomic E-state index is 12.3. The number of furan rings is 1. The average Bonchev–Trinajstić information content (AvgIpc) is 3.16. The molecule has 8 nitrogen and oxygen atoms in total. The fourth-order valence-corrected chi connectivity index (χ4v) is 2.95.